The number of rotatable bonds is 5. The molecule has 0 amide bonds. The van der Waals surface area contributed by atoms with Crippen molar-refractivity contribution in [2.75, 3.05) is 31.9 Å². The first-order valence-electron chi connectivity index (χ1n) is 7.26. The van der Waals surface area contributed by atoms with Crippen LogP contribution in [-0.4, -0.2) is 39.5 Å². The molecule has 5 nitrogen and oxygen atoms in total. The number of nitrogens with one attached hydrogen (secondary N) is 1. The van der Waals surface area contributed by atoms with E-state index in [4.69, 9.17) is 5.73 Å². The molecule has 0 saturated carbocycles. The van der Waals surface area contributed by atoms with Gasteiger partial charge >= 0.3 is 0 Å². The second-order valence-electron chi connectivity index (χ2n) is 5.34. The van der Waals surface area contributed by atoms with Gasteiger partial charge in [-0.25, -0.2) is 13.1 Å². The predicted molar refractivity (Wildman–Crippen MR) is 88.7 cm³/mol. The molecule has 21 heavy (non-hydrogen) atoms. The van der Waals surface area contributed by atoms with Crippen LogP contribution < -0.4 is 10.5 Å². The lowest BCUT2D eigenvalue weighted by molar-refractivity contribution is 0.290. The quantitative estimate of drug-likeness (QED) is 0.773. The van der Waals surface area contributed by atoms with Gasteiger partial charge in [-0.1, -0.05) is 12.8 Å². The number of likely N-dealkylation sites (tertiary alicyclic amines) is 1. The first-order chi connectivity index (χ1) is 9.99. The van der Waals surface area contributed by atoms with E-state index in [0.717, 1.165) is 19.6 Å². The van der Waals surface area contributed by atoms with E-state index in [9.17, 15) is 8.42 Å². The van der Waals surface area contributed by atoms with Crippen LogP contribution in [0.1, 0.15) is 25.7 Å². The highest BCUT2D eigenvalue weighted by Gasteiger charge is 2.15. The van der Waals surface area contributed by atoms with Crippen LogP contribution in [0.15, 0.2) is 27.6 Å². The van der Waals surface area contributed by atoms with Crippen molar-refractivity contribution in [2.45, 2.75) is 30.6 Å². The summed E-state index contributed by atoms with van der Waals surface area (Å²) in [6.45, 7) is 3.31. The normalized spacial score (nSPS) is 17.6. The molecular formula is C14H22BrN3O2S. The molecule has 118 valence electrons. The molecule has 1 aromatic carbocycles. The fraction of sp³-hybridized carbons (Fsp3) is 0.571. The van der Waals surface area contributed by atoms with Crippen molar-refractivity contribution in [3.8, 4) is 0 Å². The van der Waals surface area contributed by atoms with Crippen LogP contribution in [-0.2, 0) is 10.0 Å². The minimum absolute atomic E-state index is 0.207. The molecule has 1 heterocycles. The number of hydrogen-bond acceptors (Lipinski definition) is 4. The van der Waals surface area contributed by atoms with E-state index in [2.05, 4.69) is 25.6 Å². The van der Waals surface area contributed by atoms with Crippen molar-refractivity contribution < 1.29 is 8.42 Å². The fourth-order valence-corrected chi connectivity index (χ4v) is 3.77. The standard InChI is InChI=1S/C14H22BrN3O2S/c15-13-6-5-12(11-14(13)16)21(19,20)17-7-10-18-8-3-1-2-4-9-18/h5-6,11,17H,1-4,7-10,16H2. The molecule has 1 saturated heterocycles. The van der Waals surface area contributed by atoms with Gasteiger partial charge in [0.1, 0.15) is 0 Å². The highest BCUT2D eigenvalue weighted by Crippen LogP contribution is 2.22. The number of nitrogens with zero attached hydrogens (tertiary/aromatic N) is 1. The first-order valence-corrected chi connectivity index (χ1v) is 9.54. The summed E-state index contributed by atoms with van der Waals surface area (Å²) in [5.74, 6) is 0. The minimum atomic E-state index is -3.49. The van der Waals surface area contributed by atoms with E-state index in [-0.39, 0.29) is 4.90 Å². The van der Waals surface area contributed by atoms with Gasteiger partial charge < -0.3 is 10.6 Å². The van der Waals surface area contributed by atoms with E-state index in [1.165, 1.54) is 31.7 Å². The summed E-state index contributed by atoms with van der Waals surface area (Å²) in [7, 11) is -3.49. The van der Waals surface area contributed by atoms with Crippen LogP contribution in [0.2, 0.25) is 0 Å². The molecule has 0 aromatic heterocycles. The monoisotopic (exact) mass is 375 g/mol. The largest absolute Gasteiger partial charge is 0.398 e. The average molecular weight is 376 g/mol. The number of benzene rings is 1. The van der Waals surface area contributed by atoms with Crippen LogP contribution in [0, 0.1) is 0 Å². The third-order valence-corrected chi connectivity index (χ3v) is 5.88. The Hall–Kier alpha value is -0.630. The lowest BCUT2D eigenvalue weighted by atomic mass is 10.2. The van der Waals surface area contributed by atoms with E-state index >= 15 is 0 Å². The fourth-order valence-electron chi connectivity index (χ4n) is 2.47. The van der Waals surface area contributed by atoms with E-state index < -0.39 is 10.0 Å². The maximum atomic E-state index is 12.2. The minimum Gasteiger partial charge on any atom is -0.398 e. The Morgan fingerprint density at radius 1 is 1.19 bits per heavy atom. The molecule has 0 atom stereocenters. The third-order valence-electron chi connectivity index (χ3n) is 3.70. The first kappa shape index (κ1) is 16.7. The lowest BCUT2D eigenvalue weighted by Crippen LogP contribution is -2.35. The Kier molecular flexibility index (Phi) is 6.04. The summed E-state index contributed by atoms with van der Waals surface area (Å²) >= 11 is 3.26. The van der Waals surface area contributed by atoms with Gasteiger partial charge in [-0.3, -0.25) is 0 Å². The molecule has 0 aliphatic carbocycles. The second-order valence-corrected chi connectivity index (χ2v) is 7.96. The zero-order valence-electron chi connectivity index (χ0n) is 12.0. The summed E-state index contributed by atoms with van der Waals surface area (Å²) in [5.41, 5.74) is 6.15. The van der Waals surface area contributed by atoms with Crippen LogP contribution in [0.25, 0.3) is 0 Å². The summed E-state index contributed by atoms with van der Waals surface area (Å²) in [5, 5.41) is 0. The summed E-state index contributed by atoms with van der Waals surface area (Å²) in [6, 6.07) is 4.67. The molecule has 7 heteroatoms. The smallest absolute Gasteiger partial charge is 0.240 e. The van der Waals surface area contributed by atoms with Crippen LogP contribution >= 0.6 is 15.9 Å². The summed E-state index contributed by atoms with van der Waals surface area (Å²) in [6.07, 6.45) is 4.97. The number of nitrogens with two attached hydrogens (primary N) is 1. The SMILES string of the molecule is Nc1cc(S(=O)(=O)NCCN2CCCCCC2)ccc1Br. The molecule has 0 spiro atoms. The lowest BCUT2D eigenvalue weighted by Gasteiger charge is -2.19. The van der Waals surface area contributed by atoms with Crippen LogP contribution in [0.4, 0.5) is 5.69 Å². The zero-order valence-corrected chi connectivity index (χ0v) is 14.4. The zero-order chi connectivity index (χ0) is 15.3. The number of hydrogen-bond donors (Lipinski definition) is 2. The maximum absolute atomic E-state index is 12.2. The Morgan fingerprint density at radius 3 is 2.48 bits per heavy atom. The van der Waals surface area contributed by atoms with Crippen LogP contribution in [0.5, 0.6) is 0 Å². The average Bonchev–Trinajstić information content (AvgIpc) is 2.70. The van der Waals surface area contributed by atoms with E-state index in [1.54, 1.807) is 12.1 Å². The summed E-state index contributed by atoms with van der Waals surface area (Å²) < 4.78 is 27.8. The molecule has 1 aliphatic heterocycles. The van der Waals surface area contributed by atoms with Crippen molar-refractivity contribution in [2.24, 2.45) is 0 Å². The van der Waals surface area contributed by atoms with Gasteiger partial charge in [0.2, 0.25) is 10.0 Å². The summed E-state index contributed by atoms with van der Waals surface area (Å²) in [4.78, 5) is 2.53. The van der Waals surface area contributed by atoms with Crippen molar-refractivity contribution in [1.82, 2.24) is 9.62 Å². The Labute approximate surface area is 135 Å². The molecule has 1 fully saturated rings. The number of halogens is 1. The molecule has 2 rings (SSSR count). The molecule has 0 radical (unpaired) electrons. The van der Waals surface area contributed by atoms with Gasteiger partial charge in [0, 0.05) is 23.2 Å². The predicted octanol–water partition coefficient (Wildman–Crippen LogP) is 2.19. The molecule has 0 bridgehead atoms. The number of sulfonamides is 1. The molecular weight excluding hydrogens is 354 g/mol. The highest BCUT2D eigenvalue weighted by molar-refractivity contribution is 9.10. The molecule has 1 aliphatic rings. The van der Waals surface area contributed by atoms with E-state index in [1.807, 2.05) is 0 Å². The van der Waals surface area contributed by atoms with Crippen molar-refractivity contribution in [1.29, 1.82) is 0 Å². The van der Waals surface area contributed by atoms with Gasteiger partial charge in [0.05, 0.1) is 4.90 Å². The van der Waals surface area contributed by atoms with Gasteiger partial charge in [0.25, 0.3) is 0 Å². The molecule has 3 N–H and O–H groups in total. The Bertz CT molecular complexity index is 570. The van der Waals surface area contributed by atoms with Gasteiger partial charge in [-0.2, -0.15) is 0 Å². The van der Waals surface area contributed by atoms with Crippen LogP contribution in [0.3, 0.4) is 0 Å². The maximum Gasteiger partial charge on any atom is 0.240 e. The van der Waals surface area contributed by atoms with Crippen molar-refractivity contribution >= 4 is 31.6 Å². The Morgan fingerprint density at radius 2 is 1.86 bits per heavy atom. The molecule has 1 aromatic rings. The van der Waals surface area contributed by atoms with Crippen molar-refractivity contribution in [3.63, 3.8) is 0 Å². The van der Waals surface area contributed by atoms with Crippen molar-refractivity contribution in [3.05, 3.63) is 22.7 Å². The highest BCUT2D eigenvalue weighted by atomic mass is 79.9. The number of nitrogen functional groups attached to an aromatic ring is 1. The second kappa shape index (κ2) is 7.58. The topological polar surface area (TPSA) is 75.4 Å². The van der Waals surface area contributed by atoms with E-state index in [0.29, 0.717) is 16.7 Å². The molecule has 0 unspecified atom stereocenters. The Balaban J connectivity index is 1.90. The van der Waals surface area contributed by atoms with Gasteiger partial charge in [0.15, 0.2) is 0 Å². The van der Waals surface area contributed by atoms with Gasteiger partial charge in [-0.05, 0) is 60.1 Å². The van der Waals surface area contributed by atoms with Gasteiger partial charge in [-0.15, -0.1) is 0 Å². The third kappa shape index (κ3) is 4.95. The number of anilines is 1.